The Hall–Kier alpha value is -4.13. The van der Waals surface area contributed by atoms with Gasteiger partial charge in [-0.2, -0.15) is 5.26 Å². The van der Waals surface area contributed by atoms with E-state index in [1.165, 1.54) is 12.8 Å². The standard InChI is InChI=1S/C31H33N7O2/c1-39-29-15-21(4-7-28(29)38-12-10-36(11-13-38)24-18-40-19-24)26-16-25-30(33-20-34-31(25)35-26)22-5-6-27(23(14-22)17-32)37-8-2-3-9-37/h4-7,14-16,20,24H,2-3,8-13,18-19H2,1H3,(H,33,34,35). The van der Waals surface area contributed by atoms with E-state index >= 15 is 0 Å². The summed E-state index contributed by atoms with van der Waals surface area (Å²) in [7, 11) is 1.73. The van der Waals surface area contributed by atoms with Gasteiger partial charge in [0, 0.05) is 61.5 Å². The molecule has 4 aromatic rings. The maximum absolute atomic E-state index is 9.90. The number of aromatic amines is 1. The van der Waals surface area contributed by atoms with Crippen LogP contribution < -0.4 is 14.5 Å². The molecule has 2 aromatic carbocycles. The van der Waals surface area contributed by atoms with Crippen molar-refractivity contribution in [2.45, 2.75) is 18.9 Å². The van der Waals surface area contributed by atoms with Crippen LogP contribution in [0.3, 0.4) is 0 Å². The SMILES string of the molecule is COc1cc(-c2cc3c(-c4ccc(N5CCCC5)c(C#N)c4)ncnc3[nH]2)ccc1N1CCN(C2COC2)CC1. The van der Waals surface area contributed by atoms with E-state index in [9.17, 15) is 5.26 Å². The predicted molar refractivity (Wildman–Crippen MR) is 156 cm³/mol. The number of H-pyrrole nitrogens is 1. The number of hydrogen-bond donors (Lipinski definition) is 1. The number of benzene rings is 2. The minimum Gasteiger partial charge on any atom is -0.495 e. The van der Waals surface area contributed by atoms with E-state index in [4.69, 9.17) is 9.47 Å². The molecule has 204 valence electrons. The number of ether oxygens (including phenoxy) is 2. The highest BCUT2D eigenvalue weighted by molar-refractivity contribution is 5.95. The molecule has 1 N–H and O–H groups in total. The average Bonchev–Trinajstić information content (AvgIpc) is 3.67. The normalized spacial score (nSPS) is 18.2. The molecule has 3 aliphatic heterocycles. The lowest BCUT2D eigenvalue weighted by Crippen LogP contribution is -2.56. The van der Waals surface area contributed by atoms with Crippen molar-refractivity contribution in [3.8, 4) is 34.3 Å². The number of methoxy groups -OCH3 is 1. The lowest BCUT2D eigenvalue weighted by molar-refractivity contribution is -0.0660. The minimum absolute atomic E-state index is 0.580. The number of rotatable bonds is 6. The summed E-state index contributed by atoms with van der Waals surface area (Å²) in [6.07, 6.45) is 3.92. The van der Waals surface area contributed by atoms with Gasteiger partial charge in [0.1, 0.15) is 23.8 Å². The van der Waals surface area contributed by atoms with E-state index in [2.05, 4.69) is 72.1 Å². The average molecular weight is 536 g/mol. The Labute approximate surface area is 234 Å². The van der Waals surface area contributed by atoms with Crippen molar-refractivity contribution in [1.82, 2.24) is 19.9 Å². The fourth-order valence-corrected chi connectivity index (χ4v) is 6.20. The smallest absolute Gasteiger partial charge is 0.142 e. The number of nitrogens with one attached hydrogen (secondary N) is 1. The maximum Gasteiger partial charge on any atom is 0.142 e. The number of aromatic nitrogens is 3. The molecule has 0 spiro atoms. The van der Waals surface area contributed by atoms with E-state index in [0.29, 0.717) is 11.6 Å². The van der Waals surface area contributed by atoms with Gasteiger partial charge in [-0.05, 0) is 43.2 Å². The summed E-state index contributed by atoms with van der Waals surface area (Å²) in [5.41, 5.74) is 7.28. The van der Waals surface area contributed by atoms with Crippen LogP contribution in [0.15, 0.2) is 48.8 Å². The number of anilines is 2. The molecule has 0 amide bonds. The second-order valence-electron chi connectivity index (χ2n) is 10.8. The molecule has 0 bridgehead atoms. The lowest BCUT2D eigenvalue weighted by atomic mass is 10.0. The number of nitriles is 1. The van der Waals surface area contributed by atoms with Gasteiger partial charge in [0.25, 0.3) is 0 Å². The Morgan fingerprint density at radius 2 is 1.65 bits per heavy atom. The molecule has 0 saturated carbocycles. The molecular formula is C31H33N7O2. The highest BCUT2D eigenvalue weighted by Crippen LogP contribution is 2.37. The minimum atomic E-state index is 0.580. The van der Waals surface area contributed by atoms with E-state index in [1.807, 2.05) is 6.07 Å². The highest BCUT2D eigenvalue weighted by atomic mass is 16.5. The van der Waals surface area contributed by atoms with Gasteiger partial charge in [0.2, 0.25) is 0 Å². The third-order valence-corrected chi connectivity index (χ3v) is 8.55. The Morgan fingerprint density at radius 1 is 0.900 bits per heavy atom. The van der Waals surface area contributed by atoms with Gasteiger partial charge >= 0.3 is 0 Å². The molecule has 3 fully saturated rings. The van der Waals surface area contributed by atoms with Crippen molar-refractivity contribution in [3.63, 3.8) is 0 Å². The second-order valence-corrected chi connectivity index (χ2v) is 10.8. The van der Waals surface area contributed by atoms with Crippen molar-refractivity contribution in [2.24, 2.45) is 0 Å². The van der Waals surface area contributed by atoms with Crippen LogP contribution in [-0.4, -0.2) is 85.5 Å². The fourth-order valence-electron chi connectivity index (χ4n) is 6.20. The molecule has 2 aromatic heterocycles. The fraction of sp³-hybridized carbons (Fsp3) is 0.387. The Morgan fingerprint density at radius 3 is 2.38 bits per heavy atom. The molecule has 3 aliphatic rings. The van der Waals surface area contributed by atoms with E-state index < -0.39 is 0 Å². The van der Waals surface area contributed by atoms with Crippen LogP contribution in [0.4, 0.5) is 11.4 Å². The zero-order valence-electron chi connectivity index (χ0n) is 22.8. The first-order valence-electron chi connectivity index (χ1n) is 14.1. The van der Waals surface area contributed by atoms with Gasteiger partial charge in [-0.1, -0.05) is 12.1 Å². The molecule has 0 aliphatic carbocycles. The monoisotopic (exact) mass is 535 g/mol. The molecule has 0 atom stereocenters. The first kappa shape index (κ1) is 24.9. The summed E-state index contributed by atoms with van der Waals surface area (Å²) in [4.78, 5) is 19.9. The Kier molecular flexibility index (Phi) is 6.50. The third-order valence-electron chi connectivity index (χ3n) is 8.55. The van der Waals surface area contributed by atoms with Gasteiger partial charge in [0.05, 0.1) is 49.0 Å². The van der Waals surface area contributed by atoms with Crippen molar-refractivity contribution >= 4 is 22.4 Å². The summed E-state index contributed by atoms with van der Waals surface area (Å²) in [6.45, 7) is 7.74. The van der Waals surface area contributed by atoms with E-state index in [0.717, 1.165) is 103 Å². The number of fused-ring (bicyclic) bond motifs is 1. The summed E-state index contributed by atoms with van der Waals surface area (Å²) in [5, 5.41) is 10.8. The van der Waals surface area contributed by atoms with Crippen molar-refractivity contribution in [1.29, 1.82) is 5.26 Å². The first-order chi connectivity index (χ1) is 19.7. The molecule has 5 heterocycles. The first-order valence-corrected chi connectivity index (χ1v) is 14.1. The molecular weight excluding hydrogens is 502 g/mol. The largest absolute Gasteiger partial charge is 0.495 e. The van der Waals surface area contributed by atoms with Crippen LogP contribution in [0.1, 0.15) is 18.4 Å². The van der Waals surface area contributed by atoms with E-state index in [-0.39, 0.29) is 0 Å². The molecule has 40 heavy (non-hydrogen) atoms. The summed E-state index contributed by atoms with van der Waals surface area (Å²) >= 11 is 0. The molecule has 3 saturated heterocycles. The van der Waals surface area contributed by atoms with Crippen LogP contribution >= 0.6 is 0 Å². The Bertz CT molecular complexity index is 1570. The number of hydrogen-bond acceptors (Lipinski definition) is 8. The topological polar surface area (TPSA) is 93.5 Å². The highest BCUT2D eigenvalue weighted by Gasteiger charge is 2.29. The third kappa shape index (κ3) is 4.43. The van der Waals surface area contributed by atoms with Crippen LogP contribution in [0.5, 0.6) is 5.75 Å². The van der Waals surface area contributed by atoms with Gasteiger partial charge in [0.15, 0.2) is 0 Å². The quantitative estimate of drug-likeness (QED) is 0.391. The van der Waals surface area contributed by atoms with Crippen LogP contribution in [-0.2, 0) is 4.74 Å². The van der Waals surface area contributed by atoms with E-state index in [1.54, 1.807) is 13.4 Å². The summed E-state index contributed by atoms with van der Waals surface area (Å²) in [6, 6.07) is 17.6. The molecule has 7 rings (SSSR count). The predicted octanol–water partition coefficient (Wildman–Crippen LogP) is 4.29. The lowest BCUT2D eigenvalue weighted by Gasteiger charge is -2.43. The second kappa shape index (κ2) is 10.5. The van der Waals surface area contributed by atoms with Gasteiger partial charge in [-0.15, -0.1) is 0 Å². The van der Waals surface area contributed by atoms with Gasteiger partial charge in [-0.3, -0.25) is 4.90 Å². The van der Waals surface area contributed by atoms with Crippen molar-refractivity contribution in [3.05, 3.63) is 54.4 Å². The summed E-state index contributed by atoms with van der Waals surface area (Å²) in [5.74, 6) is 0.860. The number of piperazine rings is 1. The maximum atomic E-state index is 9.90. The zero-order valence-corrected chi connectivity index (χ0v) is 22.8. The molecule has 0 unspecified atom stereocenters. The van der Waals surface area contributed by atoms with Crippen molar-refractivity contribution in [2.75, 3.05) is 69.4 Å². The molecule has 9 nitrogen and oxygen atoms in total. The van der Waals surface area contributed by atoms with Crippen LogP contribution in [0.2, 0.25) is 0 Å². The van der Waals surface area contributed by atoms with Gasteiger partial charge < -0.3 is 24.3 Å². The van der Waals surface area contributed by atoms with Crippen LogP contribution in [0, 0.1) is 11.3 Å². The number of nitrogens with zero attached hydrogens (tertiary/aromatic N) is 6. The zero-order chi connectivity index (χ0) is 27.1. The van der Waals surface area contributed by atoms with Crippen molar-refractivity contribution < 1.29 is 9.47 Å². The summed E-state index contributed by atoms with van der Waals surface area (Å²) < 4.78 is 11.2. The van der Waals surface area contributed by atoms with Crippen LogP contribution in [0.25, 0.3) is 33.5 Å². The Balaban J connectivity index is 1.17. The molecule has 9 heteroatoms. The van der Waals surface area contributed by atoms with Gasteiger partial charge in [-0.25, -0.2) is 9.97 Å². The molecule has 0 radical (unpaired) electrons.